The summed E-state index contributed by atoms with van der Waals surface area (Å²) < 4.78 is 20.3. The van der Waals surface area contributed by atoms with Crippen molar-refractivity contribution in [3.05, 3.63) is 51.1 Å². The molecule has 0 saturated carbocycles. The fourth-order valence-corrected chi connectivity index (χ4v) is 5.14. The van der Waals surface area contributed by atoms with Crippen molar-refractivity contribution < 1.29 is 23.6 Å². The van der Waals surface area contributed by atoms with Gasteiger partial charge in [0.15, 0.2) is 0 Å². The minimum atomic E-state index is -0.570. The first kappa shape index (κ1) is 23.9. The molecule has 1 unspecified atom stereocenters. The Balaban J connectivity index is 1.36. The highest BCUT2D eigenvalue weighted by atomic mass is 32.1. The number of nitro groups is 1. The van der Waals surface area contributed by atoms with E-state index in [0.717, 1.165) is 11.3 Å². The van der Waals surface area contributed by atoms with E-state index in [-0.39, 0.29) is 35.0 Å². The molecule has 1 N–H and O–H groups in total. The van der Waals surface area contributed by atoms with Crippen LogP contribution in [0, 0.1) is 15.9 Å². The zero-order valence-corrected chi connectivity index (χ0v) is 19.7. The first-order chi connectivity index (χ1) is 16.2. The highest BCUT2D eigenvalue weighted by Crippen LogP contribution is 2.31. The smallest absolute Gasteiger partial charge is 0.414 e. The summed E-state index contributed by atoms with van der Waals surface area (Å²) in [5, 5.41) is 13.6. The van der Waals surface area contributed by atoms with Crippen LogP contribution in [0.1, 0.15) is 18.2 Å². The van der Waals surface area contributed by atoms with Crippen molar-refractivity contribution in [2.24, 2.45) is 0 Å². The van der Waals surface area contributed by atoms with Crippen LogP contribution >= 0.6 is 11.3 Å². The van der Waals surface area contributed by atoms with Crippen LogP contribution in [0.4, 0.5) is 25.6 Å². The third kappa shape index (κ3) is 5.28. The van der Waals surface area contributed by atoms with E-state index in [1.165, 1.54) is 35.3 Å². The Hall–Kier alpha value is -3.25. The molecular formula is C22H26FN5O5S. The monoisotopic (exact) mass is 491 g/mol. The van der Waals surface area contributed by atoms with Crippen LogP contribution in [-0.4, -0.2) is 67.2 Å². The number of nitrogens with one attached hydrogen (secondary N) is 1. The number of halogens is 1. The van der Waals surface area contributed by atoms with Gasteiger partial charge in [-0.1, -0.05) is 11.3 Å². The summed E-state index contributed by atoms with van der Waals surface area (Å²) in [5.41, 5.74) is 0.873. The molecule has 12 heteroatoms. The number of ether oxygens (including phenoxy) is 1. The quantitative estimate of drug-likeness (QED) is 0.447. The topological polar surface area (TPSA) is 108 Å². The van der Waals surface area contributed by atoms with Crippen LogP contribution in [0.3, 0.4) is 0 Å². The van der Waals surface area contributed by atoms with E-state index in [2.05, 4.69) is 10.2 Å². The molecule has 2 fully saturated rings. The Labute approximate surface area is 200 Å². The van der Waals surface area contributed by atoms with Gasteiger partial charge in [0, 0.05) is 43.5 Å². The van der Waals surface area contributed by atoms with Crippen LogP contribution in [0.2, 0.25) is 0 Å². The van der Waals surface area contributed by atoms with Crippen LogP contribution in [-0.2, 0) is 16.1 Å². The third-order valence-electron chi connectivity index (χ3n) is 6.06. The lowest BCUT2D eigenvalue weighted by molar-refractivity contribution is -0.380. The average Bonchev–Trinajstić information content (AvgIpc) is 3.52. The fourth-order valence-electron chi connectivity index (χ4n) is 4.26. The summed E-state index contributed by atoms with van der Waals surface area (Å²) in [6.07, 6.45) is -0.216. The summed E-state index contributed by atoms with van der Waals surface area (Å²) in [6, 6.07) is 8.17. The summed E-state index contributed by atoms with van der Waals surface area (Å²) >= 11 is 1.17. The number of hydrogen-bond donors (Lipinski definition) is 1. The number of amides is 2. The fraction of sp³-hybridized carbons (Fsp3) is 0.455. The van der Waals surface area contributed by atoms with Gasteiger partial charge >= 0.3 is 11.1 Å². The molecule has 2 aliphatic heterocycles. The van der Waals surface area contributed by atoms with E-state index in [9.17, 15) is 19.7 Å². The van der Waals surface area contributed by atoms with E-state index in [1.807, 2.05) is 11.9 Å². The standard InChI is InChI=1S/C22H26FN5O5S/c1-14(29)24-10-17-12-27(22(30)33-17)15-3-5-20(19(23)9-15)26-8-7-16(11-26)25(2)13-18-4-6-21(34-18)28(31)32/h3-6,9,16-17H,7-8,10-13H2,1-2H3,(H,24,29)/t16?,17-/m0/s1. The van der Waals surface area contributed by atoms with Crippen molar-refractivity contribution in [1.82, 2.24) is 10.2 Å². The third-order valence-corrected chi connectivity index (χ3v) is 7.08. The normalized spacial score (nSPS) is 20.2. The van der Waals surface area contributed by atoms with Crippen molar-refractivity contribution in [1.29, 1.82) is 0 Å². The predicted molar refractivity (Wildman–Crippen MR) is 126 cm³/mol. The maximum atomic E-state index is 15.0. The van der Waals surface area contributed by atoms with Gasteiger partial charge in [-0.05, 0) is 37.7 Å². The van der Waals surface area contributed by atoms with Crippen LogP contribution in [0.15, 0.2) is 30.3 Å². The minimum Gasteiger partial charge on any atom is -0.442 e. The van der Waals surface area contributed by atoms with Crippen LogP contribution < -0.4 is 15.1 Å². The first-order valence-electron chi connectivity index (χ1n) is 10.9. The molecule has 0 spiro atoms. The molecule has 2 aliphatic rings. The van der Waals surface area contributed by atoms with Gasteiger partial charge in [0.05, 0.1) is 29.4 Å². The van der Waals surface area contributed by atoms with Crippen molar-refractivity contribution in [3.63, 3.8) is 0 Å². The molecule has 2 atom stereocenters. The Morgan fingerprint density at radius 1 is 1.35 bits per heavy atom. The lowest BCUT2D eigenvalue weighted by Crippen LogP contribution is -2.34. The minimum absolute atomic E-state index is 0.127. The van der Waals surface area contributed by atoms with Gasteiger partial charge in [0.1, 0.15) is 11.9 Å². The number of anilines is 2. The van der Waals surface area contributed by atoms with Gasteiger partial charge in [0.2, 0.25) is 5.91 Å². The van der Waals surface area contributed by atoms with Crippen molar-refractivity contribution in [2.45, 2.75) is 32.0 Å². The van der Waals surface area contributed by atoms with Crippen molar-refractivity contribution >= 4 is 39.7 Å². The van der Waals surface area contributed by atoms with E-state index in [1.54, 1.807) is 18.2 Å². The SMILES string of the molecule is CC(=O)NC[C@H]1CN(c2ccc(N3CCC(N(C)Cc4ccc([N+](=O)[O-])s4)C3)c(F)c2)C(=O)O1. The lowest BCUT2D eigenvalue weighted by Gasteiger charge is -2.25. The van der Waals surface area contributed by atoms with Crippen LogP contribution in [0.5, 0.6) is 0 Å². The van der Waals surface area contributed by atoms with Gasteiger partial charge in [-0.15, -0.1) is 0 Å². The number of thiophene rings is 1. The molecule has 2 amide bonds. The van der Waals surface area contributed by atoms with Gasteiger partial charge < -0.3 is 15.0 Å². The van der Waals surface area contributed by atoms with E-state index < -0.39 is 18.0 Å². The largest absolute Gasteiger partial charge is 0.442 e. The summed E-state index contributed by atoms with van der Waals surface area (Å²) in [6.45, 7) is 3.73. The van der Waals surface area contributed by atoms with Gasteiger partial charge in [-0.3, -0.25) is 24.7 Å². The summed E-state index contributed by atoms with van der Waals surface area (Å²) in [7, 11) is 1.97. The molecule has 2 saturated heterocycles. The number of carbonyl (C=O) groups is 2. The number of hydrogen-bond acceptors (Lipinski definition) is 8. The Bertz CT molecular complexity index is 1100. The van der Waals surface area contributed by atoms with Crippen molar-refractivity contribution in [3.8, 4) is 0 Å². The molecule has 0 aliphatic carbocycles. The first-order valence-corrected chi connectivity index (χ1v) is 11.7. The van der Waals surface area contributed by atoms with E-state index in [4.69, 9.17) is 4.74 Å². The lowest BCUT2D eigenvalue weighted by atomic mass is 10.2. The Morgan fingerprint density at radius 2 is 2.15 bits per heavy atom. The molecule has 10 nitrogen and oxygen atoms in total. The maximum absolute atomic E-state index is 15.0. The molecule has 0 bridgehead atoms. The Morgan fingerprint density at radius 3 is 2.82 bits per heavy atom. The Kier molecular flexibility index (Phi) is 6.98. The van der Waals surface area contributed by atoms with E-state index in [0.29, 0.717) is 31.0 Å². The molecular weight excluding hydrogens is 465 g/mol. The second kappa shape index (κ2) is 9.94. The number of nitrogens with zero attached hydrogens (tertiary/aromatic N) is 4. The summed E-state index contributed by atoms with van der Waals surface area (Å²) in [5.74, 6) is -0.635. The molecule has 2 aromatic rings. The number of benzene rings is 1. The molecule has 0 radical (unpaired) electrons. The summed E-state index contributed by atoms with van der Waals surface area (Å²) in [4.78, 5) is 40.2. The number of cyclic esters (lactones) is 1. The number of rotatable bonds is 8. The molecule has 1 aromatic carbocycles. The zero-order valence-electron chi connectivity index (χ0n) is 18.9. The molecule has 3 heterocycles. The average molecular weight is 492 g/mol. The second-order valence-corrected chi connectivity index (χ2v) is 9.64. The van der Waals surface area contributed by atoms with E-state index >= 15 is 4.39 Å². The zero-order chi connectivity index (χ0) is 24.4. The van der Waals surface area contributed by atoms with Gasteiger partial charge in [-0.2, -0.15) is 0 Å². The number of likely N-dealkylation sites (N-methyl/N-ethyl adjacent to an activating group) is 1. The molecule has 4 rings (SSSR count). The van der Waals surface area contributed by atoms with Gasteiger partial charge in [-0.25, -0.2) is 9.18 Å². The number of carbonyl (C=O) groups excluding carboxylic acids is 2. The highest BCUT2D eigenvalue weighted by molar-refractivity contribution is 7.15. The van der Waals surface area contributed by atoms with Gasteiger partial charge in [0.25, 0.3) is 0 Å². The maximum Gasteiger partial charge on any atom is 0.414 e. The molecule has 1 aromatic heterocycles. The predicted octanol–water partition coefficient (Wildman–Crippen LogP) is 2.97. The molecule has 34 heavy (non-hydrogen) atoms. The second-order valence-electron chi connectivity index (χ2n) is 8.49. The molecule has 182 valence electrons. The van der Waals surface area contributed by atoms with Crippen LogP contribution in [0.25, 0.3) is 0 Å². The highest BCUT2D eigenvalue weighted by Gasteiger charge is 2.33. The van der Waals surface area contributed by atoms with Crippen molar-refractivity contribution in [2.75, 3.05) is 43.0 Å².